The van der Waals surface area contributed by atoms with Gasteiger partial charge in [-0.05, 0) is 24.8 Å². The van der Waals surface area contributed by atoms with Crippen LogP contribution in [0.15, 0.2) is 36.8 Å². The molecule has 12 heteroatoms. The largest absolute Gasteiger partial charge is 0.490 e. The van der Waals surface area contributed by atoms with E-state index in [1.54, 1.807) is 24.7 Å². The summed E-state index contributed by atoms with van der Waals surface area (Å²) in [6.45, 7) is 3.88. The van der Waals surface area contributed by atoms with Crippen LogP contribution in [0.25, 0.3) is 0 Å². The Morgan fingerprint density at radius 3 is 2.53 bits per heavy atom. The number of carboxylic acid groups (broad SMARTS) is 1. The summed E-state index contributed by atoms with van der Waals surface area (Å²) >= 11 is 0. The van der Waals surface area contributed by atoms with Gasteiger partial charge in [-0.25, -0.2) is 14.2 Å². The van der Waals surface area contributed by atoms with Gasteiger partial charge in [0.2, 0.25) is 5.91 Å². The van der Waals surface area contributed by atoms with E-state index in [4.69, 9.17) is 14.6 Å². The average Bonchev–Trinajstić information content (AvgIpc) is 3.27. The minimum absolute atomic E-state index is 0.000949. The summed E-state index contributed by atoms with van der Waals surface area (Å²) < 4.78 is 53.1. The Morgan fingerprint density at radius 2 is 1.88 bits per heavy atom. The molecule has 2 aliphatic heterocycles. The van der Waals surface area contributed by atoms with Crippen molar-refractivity contribution < 1.29 is 37.0 Å². The molecule has 1 atom stereocenters. The maximum absolute atomic E-state index is 14.0. The van der Waals surface area contributed by atoms with Gasteiger partial charge in [-0.2, -0.15) is 13.2 Å². The molecule has 1 amide bonds. The number of benzene rings is 1. The van der Waals surface area contributed by atoms with Crippen molar-refractivity contribution in [3.63, 3.8) is 0 Å². The first-order chi connectivity index (χ1) is 16.1. The Labute approximate surface area is 193 Å². The van der Waals surface area contributed by atoms with E-state index in [9.17, 15) is 22.4 Å². The Hall–Kier alpha value is -2.99. The van der Waals surface area contributed by atoms with Crippen LogP contribution in [0.1, 0.15) is 30.1 Å². The lowest BCUT2D eigenvalue weighted by atomic mass is 10.0. The number of carbonyl (C=O) groups is 2. The van der Waals surface area contributed by atoms with Crippen molar-refractivity contribution in [2.24, 2.45) is 5.92 Å². The van der Waals surface area contributed by atoms with Crippen LogP contribution in [0, 0.1) is 11.7 Å². The highest BCUT2D eigenvalue weighted by molar-refractivity contribution is 5.80. The van der Waals surface area contributed by atoms with Crippen LogP contribution in [-0.2, 0) is 27.4 Å². The molecule has 0 radical (unpaired) electrons. The Balaban J connectivity index is 0.000000406. The molecule has 0 aliphatic carbocycles. The van der Waals surface area contributed by atoms with E-state index in [1.165, 1.54) is 6.07 Å². The van der Waals surface area contributed by atoms with Crippen LogP contribution in [0.2, 0.25) is 0 Å². The fraction of sp³-hybridized carbons (Fsp3) is 0.500. The average molecular weight is 486 g/mol. The molecule has 1 fully saturated rings. The molecule has 2 aromatic rings. The predicted molar refractivity (Wildman–Crippen MR) is 112 cm³/mol. The zero-order valence-electron chi connectivity index (χ0n) is 18.3. The number of hydrogen-bond donors (Lipinski definition) is 2. The molecule has 3 heterocycles. The van der Waals surface area contributed by atoms with E-state index < -0.39 is 12.1 Å². The Bertz CT molecular complexity index is 976. The molecular weight excluding hydrogens is 460 g/mol. The van der Waals surface area contributed by atoms with Gasteiger partial charge in [0.25, 0.3) is 0 Å². The van der Waals surface area contributed by atoms with Gasteiger partial charge in [-0.3, -0.25) is 9.69 Å². The summed E-state index contributed by atoms with van der Waals surface area (Å²) in [6.07, 6.45) is 0.391. The number of carboxylic acids is 1. The summed E-state index contributed by atoms with van der Waals surface area (Å²) in [4.78, 5) is 28.1. The molecule has 2 aliphatic rings. The van der Waals surface area contributed by atoms with Gasteiger partial charge in [0, 0.05) is 51.2 Å². The van der Waals surface area contributed by atoms with Gasteiger partial charge < -0.3 is 19.7 Å². The van der Waals surface area contributed by atoms with E-state index in [-0.39, 0.29) is 17.8 Å². The third-order valence-corrected chi connectivity index (χ3v) is 5.70. The van der Waals surface area contributed by atoms with E-state index in [2.05, 4.69) is 15.2 Å². The lowest BCUT2D eigenvalue weighted by Gasteiger charge is -2.34. The fourth-order valence-electron chi connectivity index (χ4n) is 3.87. The zero-order valence-corrected chi connectivity index (χ0v) is 18.3. The number of imidazole rings is 1. The van der Waals surface area contributed by atoms with E-state index in [1.807, 2.05) is 10.6 Å². The molecular formula is C22H26F4N4O4. The van der Waals surface area contributed by atoms with Crippen LogP contribution in [0.5, 0.6) is 0 Å². The van der Waals surface area contributed by atoms with E-state index in [0.717, 1.165) is 31.7 Å². The van der Waals surface area contributed by atoms with Gasteiger partial charge in [0.1, 0.15) is 11.9 Å². The van der Waals surface area contributed by atoms with Crippen molar-refractivity contribution >= 4 is 11.9 Å². The second-order valence-corrected chi connectivity index (χ2v) is 8.17. The number of hydrogen-bond acceptors (Lipinski definition) is 5. The number of halogens is 4. The van der Waals surface area contributed by atoms with Gasteiger partial charge in [-0.1, -0.05) is 18.2 Å². The topological polar surface area (TPSA) is 96.7 Å². The summed E-state index contributed by atoms with van der Waals surface area (Å²) in [5, 5.41) is 10.2. The number of aliphatic carboxylic acids is 1. The molecule has 0 spiro atoms. The number of aromatic nitrogens is 2. The normalized spacial score (nSPS) is 19.0. The smallest absolute Gasteiger partial charge is 0.475 e. The zero-order chi connectivity index (χ0) is 24.7. The molecule has 1 unspecified atom stereocenters. The molecule has 1 aromatic heterocycles. The van der Waals surface area contributed by atoms with E-state index in [0.29, 0.717) is 37.7 Å². The third kappa shape index (κ3) is 7.00. The number of ether oxygens (including phenoxy) is 1. The van der Waals surface area contributed by atoms with Gasteiger partial charge in [-0.15, -0.1) is 0 Å². The number of alkyl halides is 3. The van der Waals surface area contributed by atoms with Gasteiger partial charge in [0.15, 0.2) is 0 Å². The maximum atomic E-state index is 14.0. The summed E-state index contributed by atoms with van der Waals surface area (Å²) in [6, 6.07) is 6.45. The van der Waals surface area contributed by atoms with Crippen molar-refractivity contribution in [2.45, 2.75) is 38.1 Å². The lowest BCUT2D eigenvalue weighted by Crippen LogP contribution is -2.45. The highest BCUT2D eigenvalue weighted by Gasteiger charge is 2.38. The number of nitrogens with one attached hydrogen (secondary N) is 1. The van der Waals surface area contributed by atoms with Crippen LogP contribution in [0.4, 0.5) is 17.6 Å². The molecule has 186 valence electrons. The van der Waals surface area contributed by atoms with Gasteiger partial charge in [0.05, 0.1) is 12.0 Å². The van der Waals surface area contributed by atoms with E-state index >= 15 is 0 Å². The first kappa shape index (κ1) is 25.6. The lowest BCUT2D eigenvalue weighted by molar-refractivity contribution is -0.192. The van der Waals surface area contributed by atoms with Gasteiger partial charge >= 0.3 is 12.1 Å². The molecule has 0 bridgehead atoms. The third-order valence-electron chi connectivity index (χ3n) is 5.70. The number of amides is 1. The Kier molecular flexibility index (Phi) is 8.61. The fourth-order valence-corrected chi connectivity index (χ4v) is 3.87. The molecule has 2 N–H and O–H groups in total. The molecule has 1 saturated heterocycles. The van der Waals surface area contributed by atoms with Crippen LogP contribution in [0.3, 0.4) is 0 Å². The summed E-state index contributed by atoms with van der Waals surface area (Å²) in [7, 11) is 0. The number of fused-ring (bicyclic) bond motifs is 1. The highest BCUT2D eigenvalue weighted by atomic mass is 19.4. The van der Waals surface area contributed by atoms with Crippen LogP contribution < -0.4 is 5.32 Å². The molecule has 0 saturated carbocycles. The van der Waals surface area contributed by atoms with Crippen LogP contribution in [-0.4, -0.2) is 63.9 Å². The van der Waals surface area contributed by atoms with Crippen molar-refractivity contribution in [1.82, 2.24) is 19.8 Å². The highest BCUT2D eigenvalue weighted by Crippen LogP contribution is 2.24. The first-order valence-corrected chi connectivity index (χ1v) is 10.8. The minimum Gasteiger partial charge on any atom is -0.475 e. The summed E-state index contributed by atoms with van der Waals surface area (Å²) in [5.74, 6) is -2.49. The maximum Gasteiger partial charge on any atom is 0.490 e. The monoisotopic (exact) mass is 486 g/mol. The van der Waals surface area contributed by atoms with Crippen molar-refractivity contribution in [3.8, 4) is 0 Å². The molecule has 34 heavy (non-hydrogen) atoms. The minimum atomic E-state index is -5.08. The second-order valence-electron chi connectivity index (χ2n) is 8.17. The molecule has 4 rings (SSSR count). The summed E-state index contributed by atoms with van der Waals surface area (Å²) in [5.41, 5.74) is 1.62. The first-order valence-electron chi connectivity index (χ1n) is 10.8. The quantitative estimate of drug-likeness (QED) is 0.631. The Morgan fingerprint density at radius 1 is 1.21 bits per heavy atom. The second kappa shape index (κ2) is 11.4. The van der Waals surface area contributed by atoms with Crippen molar-refractivity contribution in [1.29, 1.82) is 0 Å². The molecule has 1 aromatic carbocycles. The number of carbonyl (C=O) groups excluding carboxylic acids is 1. The molecule has 8 nitrogen and oxygen atoms in total. The van der Waals surface area contributed by atoms with Crippen LogP contribution >= 0.6 is 0 Å². The SMILES string of the molecule is O=C(NCC1CCOCC1)C1CN(Cc2ccccc2F)Cc2cncn21.O=C(O)C(F)(F)F. The predicted octanol–water partition coefficient (Wildman–Crippen LogP) is 2.76. The van der Waals surface area contributed by atoms with Crippen molar-refractivity contribution in [2.75, 3.05) is 26.3 Å². The number of rotatable bonds is 5. The number of nitrogens with zero attached hydrogens (tertiary/aromatic N) is 3. The standard InChI is InChI=1S/C20H25FN4O2.C2HF3O2/c21-18-4-2-1-3-16(18)11-24-12-17-10-22-14-25(17)19(13-24)20(26)23-9-15-5-7-27-8-6-15;3-2(4,5)1(6)7/h1-4,10,14-15,19H,5-9,11-13H2,(H,23,26);(H,6,7). The van der Waals surface area contributed by atoms with Crippen molar-refractivity contribution in [3.05, 3.63) is 53.9 Å².